The van der Waals surface area contributed by atoms with Gasteiger partial charge in [0.25, 0.3) is 5.91 Å². The number of hydrogen-bond donors (Lipinski definition) is 2. The lowest BCUT2D eigenvalue weighted by Crippen LogP contribution is -2.99. The molecule has 1 spiro atoms. The third-order valence-electron chi connectivity index (χ3n) is 6.98. The first-order valence-electron chi connectivity index (χ1n) is 10.2. The normalized spacial score (nSPS) is 36.5. The number of benzene rings is 1. The molecular weight excluding hydrogens is 358 g/mol. The number of nitrogens with two attached hydrogens (primary N) is 1. The Balaban J connectivity index is 1.59. The molecule has 3 saturated heterocycles. The summed E-state index contributed by atoms with van der Waals surface area (Å²) in [5.41, 5.74) is 0.497. The highest BCUT2D eigenvalue weighted by atomic mass is 16.5. The Morgan fingerprint density at radius 3 is 2.75 bits per heavy atom. The van der Waals surface area contributed by atoms with Crippen molar-refractivity contribution in [2.75, 3.05) is 18.5 Å². The average molecular weight is 384 g/mol. The van der Waals surface area contributed by atoms with Gasteiger partial charge in [-0.2, -0.15) is 0 Å². The lowest BCUT2D eigenvalue weighted by molar-refractivity contribution is -0.738. The fourth-order valence-electron chi connectivity index (χ4n) is 5.68. The quantitative estimate of drug-likeness (QED) is 0.729. The number of para-hydroxylation sites is 1. The molecule has 7 nitrogen and oxygen atoms in total. The number of hydrogen-bond acceptors (Lipinski definition) is 4. The smallest absolute Gasteiger partial charge is 0.291 e. The van der Waals surface area contributed by atoms with E-state index < -0.39 is 17.4 Å². The van der Waals surface area contributed by atoms with Gasteiger partial charge in [-0.05, 0) is 18.9 Å². The van der Waals surface area contributed by atoms with Crippen LogP contribution in [0.2, 0.25) is 0 Å². The standard InChI is InChI=1S/C21H25N3O4/c1-11(2)17-15-16(19(26)24(18(15)25)10-12-6-5-9-28-12)21(23-17)13-7-3-4-8-14(13)22-20(21)27/h3-4,7-8,11-12,15-17,23H,5-6,9-10H2,1-2H3,(H,22,27)/p+1/t12-,15+,16+,17-,21+/m0/s1. The van der Waals surface area contributed by atoms with Gasteiger partial charge in [0.05, 0.1) is 18.3 Å². The van der Waals surface area contributed by atoms with Crippen molar-refractivity contribution < 1.29 is 24.4 Å². The Morgan fingerprint density at radius 2 is 2.04 bits per heavy atom. The molecule has 4 heterocycles. The van der Waals surface area contributed by atoms with Crippen LogP contribution in [0.5, 0.6) is 0 Å². The van der Waals surface area contributed by atoms with E-state index in [0.717, 1.165) is 24.1 Å². The van der Waals surface area contributed by atoms with Gasteiger partial charge in [0.2, 0.25) is 17.4 Å². The van der Waals surface area contributed by atoms with Crippen LogP contribution < -0.4 is 10.6 Å². The predicted molar refractivity (Wildman–Crippen MR) is 100.0 cm³/mol. The molecule has 0 radical (unpaired) electrons. The zero-order valence-electron chi connectivity index (χ0n) is 16.2. The Morgan fingerprint density at radius 1 is 1.25 bits per heavy atom. The molecule has 0 saturated carbocycles. The van der Waals surface area contributed by atoms with Crippen LogP contribution in [0.25, 0.3) is 0 Å². The van der Waals surface area contributed by atoms with Crippen LogP contribution in [0.15, 0.2) is 24.3 Å². The van der Waals surface area contributed by atoms with Crippen molar-refractivity contribution >= 4 is 23.4 Å². The minimum absolute atomic E-state index is 0.0890. The van der Waals surface area contributed by atoms with Crippen LogP contribution in [0, 0.1) is 17.8 Å². The zero-order chi connectivity index (χ0) is 19.6. The fraction of sp³-hybridized carbons (Fsp3) is 0.571. The lowest BCUT2D eigenvalue weighted by atomic mass is 9.76. The molecule has 3 fully saturated rings. The summed E-state index contributed by atoms with van der Waals surface area (Å²) in [4.78, 5) is 41.5. The van der Waals surface area contributed by atoms with Crippen molar-refractivity contribution in [2.24, 2.45) is 17.8 Å². The number of amides is 3. The summed E-state index contributed by atoms with van der Waals surface area (Å²) in [6.07, 6.45) is 1.73. The fourth-order valence-corrected chi connectivity index (χ4v) is 5.68. The SMILES string of the molecule is CC(C)[C@@H]1[NH2+][C@@]2(C(=O)Nc3ccccc32)[C@H]2C(=O)N(C[C@@H]3CCCO3)C(=O)[C@@H]12. The minimum Gasteiger partial charge on any atom is -0.376 e. The van der Waals surface area contributed by atoms with Crippen molar-refractivity contribution in [3.63, 3.8) is 0 Å². The predicted octanol–water partition coefficient (Wildman–Crippen LogP) is 0.216. The molecule has 5 rings (SSSR count). The zero-order valence-corrected chi connectivity index (χ0v) is 16.2. The van der Waals surface area contributed by atoms with E-state index in [1.807, 2.05) is 29.6 Å². The van der Waals surface area contributed by atoms with Crippen molar-refractivity contribution in [1.82, 2.24) is 4.90 Å². The number of quaternary nitrogens is 1. The number of anilines is 1. The van der Waals surface area contributed by atoms with Crippen LogP contribution in [-0.4, -0.2) is 47.9 Å². The Kier molecular flexibility index (Phi) is 3.90. The molecule has 3 N–H and O–H groups in total. The maximum Gasteiger partial charge on any atom is 0.291 e. The average Bonchev–Trinajstić information content (AvgIpc) is 3.41. The number of imide groups is 1. The van der Waals surface area contributed by atoms with E-state index >= 15 is 0 Å². The van der Waals surface area contributed by atoms with E-state index in [4.69, 9.17) is 4.74 Å². The van der Waals surface area contributed by atoms with Gasteiger partial charge in [-0.15, -0.1) is 0 Å². The molecule has 3 amide bonds. The molecule has 4 aliphatic rings. The van der Waals surface area contributed by atoms with Gasteiger partial charge in [0.1, 0.15) is 17.9 Å². The summed E-state index contributed by atoms with van der Waals surface area (Å²) >= 11 is 0. The molecule has 1 aromatic carbocycles. The van der Waals surface area contributed by atoms with Crippen molar-refractivity contribution in [2.45, 2.75) is 44.4 Å². The second-order valence-corrected chi connectivity index (χ2v) is 8.78. The molecule has 1 aromatic rings. The molecule has 28 heavy (non-hydrogen) atoms. The second-order valence-electron chi connectivity index (χ2n) is 8.78. The number of nitrogens with one attached hydrogen (secondary N) is 1. The maximum absolute atomic E-state index is 13.5. The molecular formula is C21H26N3O4+. The highest BCUT2D eigenvalue weighted by Gasteiger charge is 2.74. The molecule has 0 aromatic heterocycles. The number of likely N-dealkylation sites (tertiary alicyclic amines) is 1. The number of rotatable bonds is 3. The number of carbonyl (C=O) groups excluding carboxylic acids is 3. The van der Waals surface area contributed by atoms with Crippen LogP contribution in [-0.2, 0) is 24.7 Å². The minimum atomic E-state index is -1.06. The van der Waals surface area contributed by atoms with E-state index in [1.165, 1.54) is 4.90 Å². The molecule has 4 aliphatic heterocycles. The van der Waals surface area contributed by atoms with Crippen LogP contribution >= 0.6 is 0 Å². The van der Waals surface area contributed by atoms with Gasteiger partial charge in [-0.1, -0.05) is 32.0 Å². The van der Waals surface area contributed by atoms with Gasteiger partial charge < -0.3 is 15.4 Å². The van der Waals surface area contributed by atoms with Crippen molar-refractivity contribution in [1.29, 1.82) is 0 Å². The van der Waals surface area contributed by atoms with Gasteiger partial charge in [0, 0.05) is 18.1 Å². The van der Waals surface area contributed by atoms with E-state index in [9.17, 15) is 14.4 Å². The maximum atomic E-state index is 13.5. The monoisotopic (exact) mass is 384 g/mol. The first-order valence-corrected chi connectivity index (χ1v) is 10.2. The number of nitrogens with zero attached hydrogens (tertiary/aromatic N) is 1. The molecule has 148 valence electrons. The molecule has 0 unspecified atom stereocenters. The Hall–Kier alpha value is -2.25. The summed E-state index contributed by atoms with van der Waals surface area (Å²) < 4.78 is 5.67. The van der Waals surface area contributed by atoms with Gasteiger partial charge >= 0.3 is 0 Å². The first-order chi connectivity index (χ1) is 13.4. The van der Waals surface area contributed by atoms with Gasteiger partial charge in [0.15, 0.2) is 0 Å². The Labute approximate surface area is 163 Å². The second kappa shape index (κ2) is 6.12. The molecule has 7 heteroatoms. The highest BCUT2D eigenvalue weighted by Crippen LogP contribution is 2.49. The Bertz CT molecular complexity index is 863. The number of ether oxygens (including phenoxy) is 1. The van der Waals surface area contributed by atoms with E-state index in [0.29, 0.717) is 13.2 Å². The topological polar surface area (TPSA) is 92.3 Å². The van der Waals surface area contributed by atoms with Crippen molar-refractivity contribution in [3.8, 4) is 0 Å². The van der Waals surface area contributed by atoms with Crippen LogP contribution in [0.1, 0.15) is 32.3 Å². The highest BCUT2D eigenvalue weighted by molar-refractivity contribution is 6.13. The van der Waals surface area contributed by atoms with Gasteiger partial charge in [-0.25, -0.2) is 0 Å². The summed E-state index contributed by atoms with van der Waals surface area (Å²) in [6.45, 7) is 5.08. The van der Waals surface area contributed by atoms with E-state index in [1.54, 1.807) is 0 Å². The molecule has 0 aliphatic carbocycles. The van der Waals surface area contributed by atoms with Crippen LogP contribution in [0.3, 0.4) is 0 Å². The van der Waals surface area contributed by atoms with Crippen molar-refractivity contribution in [3.05, 3.63) is 29.8 Å². The summed E-state index contributed by atoms with van der Waals surface area (Å²) in [5.74, 6) is -1.55. The first kappa shape index (κ1) is 17.8. The summed E-state index contributed by atoms with van der Waals surface area (Å²) in [7, 11) is 0. The number of fused-ring (bicyclic) bond motifs is 4. The van der Waals surface area contributed by atoms with Gasteiger partial charge in [-0.3, -0.25) is 19.3 Å². The summed E-state index contributed by atoms with van der Waals surface area (Å²) in [6, 6.07) is 7.41. The van der Waals surface area contributed by atoms with Crippen LogP contribution in [0.4, 0.5) is 5.69 Å². The number of carbonyl (C=O) groups is 3. The third kappa shape index (κ3) is 2.20. The third-order valence-corrected chi connectivity index (χ3v) is 6.98. The van der Waals surface area contributed by atoms with E-state index in [2.05, 4.69) is 19.2 Å². The lowest BCUT2D eigenvalue weighted by Gasteiger charge is -2.28. The van der Waals surface area contributed by atoms with E-state index in [-0.39, 0.29) is 35.8 Å². The molecule has 0 bridgehead atoms. The molecule has 5 atom stereocenters. The summed E-state index contributed by atoms with van der Waals surface area (Å²) in [5, 5.41) is 4.94. The largest absolute Gasteiger partial charge is 0.376 e.